The monoisotopic (exact) mass is 352 g/mol. The molecule has 4 nitrogen and oxygen atoms in total. The highest BCUT2D eigenvalue weighted by molar-refractivity contribution is 6.35. The van der Waals surface area contributed by atoms with E-state index >= 15 is 0 Å². The van der Waals surface area contributed by atoms with E-state index in [4.69, 9.17) is 33.7 Å². The van der Waals surface area contributed by atoms with Gasteiger partial charge >= 0.3 is 0 Å². The molecule has 21 heavy (non-hydrogen) atoms. The van der Waals surface area contributed by atoms with Crippen molar-refractivity contribution in [2.45, 2.75) is 38.0 Å². The summed E-state index contributed by atoms with van der Waals surface area (Å²) >= 11 is 12.0. The molecule has 0 aliphatic carbocycles. The van der Waals surface area contributed by atoms with E-state index in [1.165, 1.54) is 0 Å². The Kier molecular flexibility index (Phi) is 7.24. The van der Waals surface area contributed by atoms with Gasteiger partial charge in [-0.25, -0.2) is 0 Å². The van der Waals surface area contributed by atoms with E-state index in [2.05, 4.69) is 5.32 Å². The molecule has 1 unspecified atom stereocenters. The fourth-order valence-corrected chi connectivity index (χ4v) is 2.88. The fraction of sp³-hybridized carbons (Fsp3) is 0.500. The van der Waals surface area contributed by atoms with Crippen LogP contribution in [0.4, 0.5) is 0 Å². The van der Waals surface area contributed by atoms with Gasteiger partial charge in [-0.2, -0.15) is 0 Å². The lowest BCUT2D eigenvalue weighted by Gasteiger charge is -2.19. The first-order valence-electron chi connectivity index (χ1n) is 6.62. The summed E-state index contributed by atoms with van der Waals surface area (Å²) in [6, 6.07) is 5.03. The number of ether oxygens (including phenoxy) is 1. The lowest BCUT2D eigenvalue weighted by Crippen LogP contribution is -2.37. The quantitative estimate of drug-likeness (QED) is 0.874. The van der Waals surface area contributed by atoms with Gasteiger partial charge in [-0.3, -0.25) is 4.79 Å². The molecule has 1 aliphatic heterocycles. The highest BCUT2D eigenvalue weighted by Gasteiger charge is 2.30. The molecule has 3 atom stereocenters. The van der Waals surface area contributed by atoms with Crippen molar-refractivity contribution < 1.29 is 9.53 Å². The van der Waals surface area contributed by atoms with Crippen LogP contribution in [-0.2, 0) is 9.53 Å². The third kappa shape index (κ3) is 4.73. The molecule has 1 aromatic rings. The predicted octanol–water partition coefficient (Wildman–Crippen LogP) is 3.10. The Labute approximate surface area is 140 Å². The fourth-order valence-electron chi connectivity index (χ4n) is 2.31. The number of nitrogens with two attached hydrogens (primary N) is 1. The minimum atomic E-state index is -0.419. The average Bonchev–Trinajstić information content (AvgIpc) is 2.87. The molecule has 1 fully saturated rings. The summed E-state index contributed by atoms with van der Waals surface area (Å²) in [5.74, 6) is -0.125. The van der Waals surface area contributed by atoms with E-state index in [1.54, 1.807) is 12.1 Å². The molecular weight excluding hydrogens is 335 g/mol. The zero-order valence-electron chi connectivity index (χ0n) is 11.6. The maximum absolute atomic E-state index is 12.1. The van der Waals surface area contributed by atoms with E-state index in [1.807, 2.05) is 13.0 Å². The molecule has 3 N–H and O–H groups in total. The third-order valence-electron chi connectivity index (χ3n) is 3.45. The van der Waals surface area contributed by atoms with Crippen LogP contribution in [0.2, 0.25) is 10.0 Å². The molecule has 7 heteroatoms. The van der Waals surface area contributed by atoms with Crippen molar-refractivity contribution in [3.63, 3.8) is 0 Å². The van der Waals surface area contributed by atoms with Crippen LogP contribution in [0, 0.1) is 0 Å². The Hall–Kier alpha value is -0.520. The molecular formula is C14H19Cl3N2O2. The minimum Gasteiger partial charge on any atom is -0.364 e. The van der Waals surface area contributed by atoms with Crippen LogP contribution < -0.4 is 11.1 Å². The van der Waals surface area contributed by atoms with E-state index in [9.17, 15) is 4.79 Å². The number of rotatable bonds is 4. The van der Waals surface area contributed by atoms with Crippen LogP contribution in [0.3, 0.4) is 0 Å². The Morgan fingerprint density at radius 1 is 1.48 bits per heavy atom. The SMILES string of the molecule is CC(NC(=O)[C@@H]1CC[C@H](CN)O1)c1ccc(Cl)cc1Cl.Cl. The molecule has 0 bridgehead atoms. The van der Waals surface area contributed by atoms with Crippen LogP contribution in [0.25, 0.3) is 0 Å². The Morgan fingerprint density at radius 2 is 2.19 bits per heavy atom. The van der Waals surface area contributed by atoms with Crippen LogP contribution in [0.1, 0.15) is 31.4 Å². The average molecular weight is 354 g/mol. The molecule has 2 rings (SSSR count). The molecule has 1 saturated heterocycles. The Bertz CT molecular complexity index is 499. The van der Waals surface area contributed by atoms with Crippen molar-refractivity contribution >= 4 is 41.5 Å². The number of amides is 1. The largest absolute Gasteiger partial charge is 0.364 e. The summed E-state index contributed by atoms with van der Waals surface area (Å²) in [7, 11) is 0. The second kappa shape index (κ2) is 8.20. The number of carbonyl (C=O) groups is 1. The topological polar surface area (TPSA) is 64.4 Å². The standard InChI is InChI=1S/C14H18Cl2N2O2.ClH/c1-8(11-4-2-9(15)6-12(11)16)18-14(19)13-5-3-10(7-17)20-13;/h2,4,6,8,10,13H,3,5,7,17H2,1H3,(H,18,19);1H/t8?,10-,13+;/m1./s1. The van der Waals surface area contributed by atoms with E-state index in [-0.39, 0.29) is 30.5 Å². The van der Waals surface area contributed by atoms with Crippen molar-refractivity contribution in [2.24, 2.45) is 5.73 Å². The zero-order valence-corrected chi connectivity index (χ0v) is 14.0. The predicted molar refractivity (Wildman–Crippen MR) is 87.2 cm³/mol. The molecule has 0 radical (unpaired) electrons. The van der Waals surface area contributed by atoms with Crippen LogP contribution in [-0.4, -0.2) is 24.7 Å². The van der Waals surface area contributed by atoms with Crippen LogP contribution in [0.15, 0.2) is 18.2 Å². The maximum atomic E-state index is 12.1. The second-order valence-electron chi connectivity index (χ2n) is 4.96. The summed E-state index contributed by atoms with van der Waals surface area (Å²) in [5, 5.41) is 4.02. The summed E-state index contributed by atoms with van der Waals surface area (Å²) in [5.41, 5.74) is 6.37. The van der Waals surface area contributed by atoms with Crippen LogP contribution in [0.5, 0.6) is 0 Å². The highest BCUT2D eigenvalue weighted by atomic mass is 35.5. The van der Waals surface area contributed by atoms with Gasteiger partial charge < -0.3 is 15.8 Å². The lowest BCUT2D eigenvalue weighted by atomic mass is 10.1. The number of carbonyl (C=O) groups excluding carboxylic acids is 1. The zero-order chi connectivity index (χ0) is 14.7. The smallest absolute Gasteiger partial charge is 0.249 e. The van der Waals surface area contributed by atoms with Gasteiger partial charge in [-0.15, -0.1) is 12.4 Å². The van der Waals surface area contributed by atoms with E-state index in [0.29, 0.717) is 23.0 Å². The van der Waals surface area contributed by atoms with Gasteiger partial charge in [0, 0.05) is 16.6 Å². The van der Waals surface area contributed by atoms with Gasteiger partial charge in [-0.05, 0) is 37.5 Å². The first-order chi connectivity index (χ1) is 9.51. The van der Waals surface area contributed by atoms with Gasteiger partial charge in [0.1, 0.15) is 6.10 Å². The molecule has 118 valence electrons. The molecule has 1 aromatic carbocycles. The number of nitrogens with one attached hydrogen (secondary N) is 1. The Morgan fingerprint density at radius 3 is 2.76 bits per heavy atom. The van der Waals surface area contributed by atoms with Gasteiger partial charge in [0.05, 0.1) is 12.1 Å². The molecule has 1 aliphatic rings. The van der Waals surface area contributed by atoms with Crippen molar-refractivity contribution in [3.05, 3.63) is 33.8 Å². The van der Waals surface area contributed by atoms with Gasteiger partial charge in [0.15, 0.2) is 0 Å². The highest BCUT2D eigenvalue weighted by Crippen LogP contribution is 2.27. The number of hydrogen-bond donors (Lipinski definition) is 2. The van der Waals surface area contributed by atoms with Crippen molar-refractivity contribution in [1.82, 2.24) is 5.32 Å². The van der Waals surface area contributed by atoms with Crippen molar-refractivity contribution in [3.8, 4) is 0 Å². The molecule has 0 aromatic heterocycles. The lowest BCUT2D eigenvalue weighted by molar-refractivity contribution is -0.132. The molecule has 0 saturated carbocycles. The number of halogens is 3. The number of benzene rings is 1. The second-order valence-corrected chi connectivity index (χ2v) is 5.80. The molecule has 1 amide bonds. The summed E-state index contributed by atoms with van der Waals surface area (Å²) < 4.78 is 5.57. The van der Waals surface area contributed by atoms with Gasteiger partial charge in [0.25, 0.3) is 0 Å². The van der Waals surface area contributed by atoms with Gasteiger partial charge in [-0.1, -0.05) is 29.3 Å². The summed E-state index contributed by atoms with van der Waals surface area (Å²) in [6.45, 7) is 2.32. The Balaban J connectivity index is 0.00000220. The first-order valence-corrected chi connectivity index (χ1v) is 7.37. The van der Waals surface area contributed by atoms with E-state index in [0.717, 1.165) is 12.0 Å². The summed E-state index contributed by atoms with van der Waals surface area (Å²) in [4.78, 5) is 12.1. The number of hydrogen-bond acceptors (Lipinski definition) is 3. The maximum Gasteiger partial charge on any atom is 0.249 e. The van der Waals surface area contributed by atoms with Crippen molar-refractivity contribution in [1.29, 1.82) is 0 Å². The normalized spacial score (nSPS) is 22.5. The molecule has 1 heterocycles. The third-order valence-corrected chi connectivity index (χ3v) is 4.01. The van der Waals surface area contributed by atoms with E-state index < -0.39 is 6.10 Å². The molecule has 0 spiro atoms. The minimum absolute atomic E-state index is 0. The van der Waals surface area contributed by atoms with Crippen molar-refractivity contribution in [2.75, 3.05) is 6.54 Å². The van der Waals surface area contributed by atoms with Crippen LogP contribution >= 0.6 is 35.6 Å². The van der Waals surface area contributed by atoms with Gasteiger partial charge in [0.2, 0.25) is 5.91 Å². The first kappa shape index (κ1) is 18.5. The summed E-state index contributed by atoms with van der Waals surface area (Å²) in [6.07, 6.45) is 1.09.